The van der Waals surface area contributed by atoms with Gasteiger partial charge in [-0.2, -0.15) is 0 Å². The van der Waals surface area contributed by atoms with Crippen LogP contribution in [0, 0.1) is 0 Å². The third-order valence-corrected chi connectivity index (χ3v) is 8.33. The molecule has 23 heavy (non-hydrogen) atoms. The van der Waals surface area contributed by atoms with E-state index in [2.05, 4.69) is 72.8 Å². The van der Waals surface area contributed by atoms with Gasteiger partial charge in [-0.15, -0.1) is 0 Å². The molecule has 0 unspecified atom stereocenters. The van der Waals surface area contributed by atoms with Gasteiger partial charge in [0.1, 0.15) is 0 Å². The van der Waals surface area contributed by atoms with Crippen molar-refractivity contribution in [2.24, 2.45) is 0 Å². The summed E-state index contributed by atoms with van der Waals surface area (Å²) in [5, 5.41) is 3.73. The molecule has 104 valence electrons. The first kappa shape index (κ1) is 24.3. The van der Waals surface area contributed by atoms with Gasteiger partial charge in [-0.3, -0.25) is 0 Å². The molecule has 0 nitrogen and oxygen atoms in total. The number of hydrogen-bond donors (Lipinski definition) is 0. The summed E-state index contributed by atoms with van der Waals surface area (Å²) in [6, 6.07) is 29.5. The van der Waals surface area contributed by atoms with E-state index in [1.807, 2.05) is 18.2 Å². The molecule has 0 aromatic heterocycles. The fraction of sp³-hybridized carbons (Fsp3) is 0. The summed E-state index contributed by atoms with van der Waals surface area (Å²) in [4.78, 5) is 0. The number of rotatable bonds is 3. The van der Waals surface area contributed by atoms with Crippen molar-refractivity contribution in [3.63, 3.8) is 0 Å². The first-order chi connectivity index (χ1) is 9.82. The molecule has 0 aliphatic rings. The summed E-state index contributed by atoms with van der Waals surface area (Å²) >= 11 is 6.21. The van der Waals surface area contributed by atoms with E-state index in [0.29, 0.717) is 0 Å². The summed E-state index contributed by atoms with van der Waals surface area (Å²) in [7, 11) is 0. The Morgan fingerprint density at radius 2 is 0.696 bits per heavy atom. The third-order valence-electron chi connectivity index (χ3n) is 3.36. The quantitative estimate of drug-likeness (QED) is 0.330. The van der Waals surface area contributed by atoms with Crippen LogP contribution < -0.4 is 105 Å². The molecule has 0 spiro atoms. The van der Waals surface area contributed by atoms with Crippen LogP contribution >= 0.6 is 6.04 Å². The maximum Gasteiger partial charge on any atom is 1.00 e. The molecule has 0 amide bonds. The van der Waals surface area contributed by atoms with E-state index in [9.17, 15) is 0 Å². The Hall–Kier alpha value is 1.31. The van der Waals surface area contributed by atoms with Gasteiger partial charge in [-0.05, 0) is 15.9 Å². The average Bonchev–Trinajstić information content (AvgIpc) is 2.56. The standard InChI is InChI=1S/C18H15PS.3Na.3H/c20-19(16-10-4-1-5-11-16,17-12-6-2-7-13-17)18-14-8-3-9-15-18;;;;;;/h1-15H;;;;;;/q;3*+1;3*-1. The maximum atomic E-state index is 6.21. The number of hydrogen-bond acceptors (Lipinski definition) is 1. The first-order valence-corrected chi connectivity index (χ1v) is 9.39. The van der Waals surface area contributed by atoms with Crippen LogP contribution in [0.2, 0.25) is 0 Å². The first-order valence-electron chi connectivity index (χ1n) is 6.59. The van der Waals surface area contributed by atoms with Gasteiger partial charge in [0.25, 0.3) is 0 Å². The zero-order chi connectivity index (χ0) is 13.8. The fourth-order valence-corrected chi connectivity index (χ4v) is 6.13. The smallest absolute Gasteiger partial charge is 1.00 e. The van der Waals surface area contributed by atoms with E-state index in [4.69, 9.17) is 11.8 Å². The Morgan fingerprint density at radius 1 is 0.478 bits per heavy atom. The summed E-state index contributed by atoms with van der Waals surface area (Å²) in [6.07, 6.45) is 0. The second-order valence-electron chi connectivity index (χ2n) is 4.62. The molecule has 0 radical (unpaired) electrons. The van der Waals surface area contributed by atoms with Crippen molar-refractivity contribution in [1.82, 2.24) is 0 Å². The second-order valence-corrected chi connectivity index (χ2v) is 9.03. The van der Waals surface area contributed by atoms with Crippen molar-refractivity contribution in [3.05, 3.63) is 91.0 Å². The predicted molar refractivity (Wildman–Crippen MR) is 95.8 cm³/mol. The van der Waals surface area contributed by atoms with Gasteiger partial charge in [0, 0.05) is 6.04 Å². The minimum atomic E-state index is -1.94. The predicted octanol–water partition coefficient (Wildman–Crippen LogP) is -5.21. The SMILES string of the molecule is S=P(c1ccccc1)(c1ccccc1)c1ccccc1.[H-].[H-].[H-].[Na+].[Na+].[Na+]. The van der Waals surface area contributed by atoms with Crippen LogP contribution in [0.25, 0.3) is 0 Å². The van der Waals surface area contributed by atoms with Crippen LogP contribution in [0.3, 0.4) is 0 Å². The Bertz CT molecular complexity index is 644. The van der Waals surface area contributed by atoms with Gasteiger partial charge in [0.05, 0.1) is 0 Å². The monoisotopic (exact) mass is 366 g/mol. The van der Waals surface area contributed by atoms with Crippen molar-refractivity contribution in [3.8, 4) is 0 Å². The Kier molecular flexibility index (Phi) is 12.5. The molecular weight excluding hydrogens is 348 g/mol. The van der Waals surface area contributed by atoms with Crippen molar-refractivity contribution >= 4 is 33.8 Å². The van der Waals surface area contributed by atoms with Crippen LogP contribution in [0.15, 0.2) is 91.0 Å². The average molecular weight is 366 g/mol. The third kappa shape index (κ3) is 5.64. The van der Waals surface area contributed by atoms with Crippen LogP contribution in [0.1, 0.15) is 4.28 Å². The van der Waals surface area contributed by atoms with Gasteiger partial charge in [-0.25, -0.2) is 0 Å². The van der Waals surface area contributed by atoms with Gasteiger partial charge in [-0.1, -0.05) is 103 Å². The molecule has 0 aliphatic carbocycles. The van der Waals surface area contributed by atoms with E-state index in [1.165, 1.54) is 15.9 Å². The molecule has 3 aromatic carbocycles. The minimum Gasteiger partial charge on any atom is -1.00 e. The molecule has 0 N–H and O–H groups in total. The molecule has 0 saturated heterocycles. The topological polar surface area (TPSA) is 0 Å². The molecule has 3 aromatic rings. The molecule has 5 heteroatoms. The van der Waals surface area contributed by atoms with Crippen molar-refractivity contribution in [2.75, 3.05) is 0 Å². The Morgan fingerprint density at radius 3 is 0.913 bits per heavy atom. The summed E-state index contributed by atoms with van der Waals surface area (Å²) in [5.41, 5.74) is 0. The molecule has 3 rings (SSSR count). The van der Waals surface area contributed by atoms with Gasteiger partial charge >= 0.3 is 88.7 Å². The molecule has 0 heterocycles. The summed E-state index contributed by atoms with van der Waals surface area (Å²) in [5.74, 6) is 0. The maximum absolute atomic E-state index is 6.21. The molecular formula is C18H18Na3PS. The summed E-state index contributed by atoms with van der Waals surface area (Å²) < 4.78 is 0. The van der Waals surface area contributed by atoms with Crippen LogP contribution in [0.5, 0.6) is 0 Å². The zero-order valence-electron chi connectivity index (χ0n) is 17.0. The second kappa shape index (κ2) is 11.8. The van der Waals surface area contributed by atoms with Gasteiger partial charge < -0.3 is 4.28 Å². The fourth-order valence-electron chi connectivity index (χ4n) is 2.36. The van der Waals surface area contributed by atoms with Crippen molar-refractivity contribution < 1.29 is 93.0 Å². The molecule has 0 atom stereocenters. The van der Waals surface area contributed by atoms with Crippen LogP contribution in [-0.2, 0) is 11.8 Å². The normalized spacial score (nSPS) is 9.74. The summed E-state index contributed by atoms with van der Waals surface area (Å²) in [6.45, 7) is 0. The number of benzene rings is 3. The molecule has 0 saturated carbocycles. The molecule has 0 fully saturated rings. The van der Waals surface area contributed by atoms with E-state index >= 15 is 0 Å². The zero-order valence-corrected chi connectivity index (χ0v) is 21.7. The van der Waals surface area contributed by atoms with Gasteiger partial charge in [0.2, 0.25) is 0 Å². The largest absolute Gasteiger partial charge is 1.00 e. The van der Waals surface area contributed by atoms with E-state index in [1.54, 1.807) is 0 Å². The molecule has 0 bridgehead atoms. The van der Waals surface area contributed by atoms with E-state index in [-0.39, 0.29) is 93.0 Å². The van der Waals surface area contributed by atoms with Crippen molar-refractivity contribution in [1.29, 1.82) is 0 Å². The van der Waals surface area contributed by atoms with Crippen molar-refractivity contribution in [2.45, 2.75) is 0 Å². The molecule has 0 aliphatic heterocycles. The Balaban J connectivity index is -0.000000403. The van der Waals surface area contributed by atoms with Gasteiger partial charge in [0.15, 0.2) is 0 Å². The minimum absolute atomic E-state index is 0. The van der Waals surface area contributed by atoms with Crippen LogP contribution in [0.4, 0.5) is 0 Å². The van der Waals surface area contributed by atoms with Crippen LogP contribution in [-0.4, -0.2) is 0 Å². The Labute approximate surface area is 214 Å². The van der Waals surface area contributed by atoms with E-state index < -0.39 is 6.04 Å². The van der Waals surface area contributed by atoms with E-state index in [0.717, 1.165) is 0 Å².